The van der Waals surface area contributed by atoms with Crippen molar-refractivity contribution in [3.8, 4) is 5.75 Å². The van der Waals surface area contributed by atoms with Gasteiger partial charge in [0.25, 0.3) is 5.91 Å². The van der Waals surface area contributed by atoms with Crippen LogP contribution in [0.15, 0.2) is 18.2 Å². The molecule has 2 aliphatic heterocycles. The van der Waals surface area contributed by atoms with Crippen molar-refractivity contribution in [1.82, 2.24) is 15.1 Å². The zero-order valence-corrected chi connectivity index (χ0v) is 17.9. The van der Waals surface area contributed by atoms with Crippen LogP contribution in [-0.4, -0.2) is 58.8 Å². The fraction of sp³-hybridized carbons (Fsp3) is 0.609. The molecule has 1 aliphatic carbocycles. The number of piperidine rings is 1. The van der Waals surface area contributed by atoms with Crippen LogP contribution in [0, 0.1) is 0 Å². The number of benzene rings is 1. The minimum atomic E-state index is -0.586. The summed E-state index contributed by atoms with van der Waals surface area (Å²) in [6.07, 6.45) is 5.40. The van der Waals surface area contributed by atoms with Crippen molar-refractivity contribution >= 4 is 17.7 Å². The lowest BCUT2D eigenvalue weighted by molar-refractivity contribution is -0.136. The van der Waals surface area contributed by atoms with Gasteiger partial charge in [-0.25, -0.2) is 0 Å². The molecule has 3 atom stereocenters. The zero-order valence-electron chi connectivity index (χ0n) is 17.9. The summed E-state index contributed by atoms with van der Waals surface area (Å²) in [7, 11) is 0. The molecule has 1 saturated carbocycles. The maximum Gasteiger partial charge on any atom is 0.255 e. The molecule has 1 aromatic rings. The molecule has 1 N–H and O–H groups in total. The van der Waals surface area contributed by atoms with E-state index in [1.54, 1.807) is 4.90 Å². The standard InChI is InChI=1S/C23H31N3O4/c1-3-25(4-2)18-7-5-6-8-20(18)30-16-9-10-17-15(13-16)14-26(23(17)29)19-11-12-21(27)24-22(19)28/h9-10,13,18-20H,3-8,11-12,14H2,1-2H3,(H,24,27,28)/t18-,19?,20+/m0/s1. The van der Waals surface area contributed by atoms with Crippen LogP contribution in [0.2, 0.25) is 0 Å². The smallest absolute Gasteiger partial charge is 0.255 e. The Hall–Kier alpha value is -2.41. The molecule has 1 unspecified atom stereocenters. The van der Waals surface area contributed by atoms with Gasteiger partial charge in [-0.1, -0.05) is 20.3 Å². The topological polar surface area (TPSA) is 79.0 Å². The first-order valence-electron chi connectivity index (χ1n) is 11.2. The van der Waals surface area contributed by atoms with Gasteiger partial charge in [0.2, 0.25) is 11.8 Å². The highest BCUT2D eigenvalue weighted by atomic mass is 16.5. The minimum Gasteiger partial charge on any atom is -0.489 e. The molecule has 7 nitrogen and oxygen atoms in total. The molecule has 3 aliphatic rings. The summed E-state index contributed by atoms with van der Waals surface area (Å²) in [4.78, 5) is 40.6. The molecule has 0 bridgehead atoms. The van der Waals surface area contributed by atoms with E-state index in [1.807, 2.05) is 18.2 Å². The van der Waals surface area contributed by atoms with E-state index >= 15 is 0 Å². The summed E-state index contributed by atoms with van der Waals surface area (Å²) < 4.78 is 6.43. The van der Waals surface area contributed by atoms with Gasteiger partial charge in [-0.2, -0.15) is 0 Å². The molecular formula is C23H31N3O4. The highest BCUT2D eigenvalue weighted by molar-refractivity contribution is 6.05. The number of imide groups is 1. The van der Waals surface area contributed by atoms with Gasteiger partial charge < -0.3 is 9.64 Å². The van der Waals surface area contributed by atoms with Gasteiger partial charge >= 0.3 is 0 Å². The summed E-state index contributed by atoms with van der Waals surface area (Å²) in [5.74, 6) is -0.0139. The third-order valence-electron chi connectivity index (χ3n) is 6.73. The maximum atomic E-state index is 12.9. The second kappa shape index (κ2) is 8.76. The maximum absolute atomic E-state index is 12.9. The van der Waals surface area contributed by atoms with E-state index in [0.717, 1.165) is 37.2 Å². The first-order chi connectivity index (χ1) is 14.5. The Kier molecular flexibility index (Phi) is 6.09. The van der Waals surface area contributed by atoms with Crippen LogP contribution in [0.3, 0.4) is 0 Å². The molecule has 4 rings (SSSR count). The molecule has 0 aromatic heterocycles. The van der Waals surface area contributed by atoms with Gasteiger partial charge in [0, 0.05) is 24.6 Å². The molecule has 2 fully saturated rings. The molecule has 2 heterocycles. The van der Waals surface area contributed by atoms with Crippen molar-refractivity contribution in [1.29, 1.82) is 0 Å². The Balaban J connectivity index is 1.48. The number of hydrogen-bond acceptors (Lipinski definition) is 5. The fourth-order valence-electron chi connectivity index (χ4n) is 5.12. The number of fused-ring (bicyclic) bond motifs is 1. The summed E-state index contributed by atoms with van der Waals surface area (Å²) >= 11 is 0. The van der Waals surface area contributed by atoms with Crippen LogP contribution in [0.25, 0.3) is 0 Å². The molecular weight excluding hydrogens is 382 g/mol. The summed E-state index contributed by atoms with van der Waals surface area (Å²) in [5.41, 5.74) is 1.51. The van der Waals surface area contributed by atoms with Gasteiger partial charge in [-0.3, -0.25) is 24.6 Å². The zero-order chi connectivity index (χ0) is 21.3. The van der Waals surface area contributed by atoms with Crippen LogP contribution in [0.4, 0.5) is 0 Å². The number of nitrogens with zero attached hydrogens (tertiary/aromatic N) is 2. The average molecular weight is 414 g/mol. The van der Waals surface area contributed by atoms with Crippen molar-refractivity contribution in [2.24, 2.45) is 0 Å². The molecule has 30 heavy (non-hydrogen) atoms. The van der Waals surface area contributed by atoms with Crippen LogP contribution < -0.4 is 10.1 Å². The second-order valence-electron chi connectivity index (χ2n) is 8.45. The molecule has 0 radical (unpaired) electrons. The van der Waals surface area contributed by atoms with Gasteiger partial charge in [-0.15, -0.1) is 0 Å². The number of likely N-dealkylation sites (N-methyl/N-ethyl adjacent to an activating group) is 1. The minimum absolute atomic E-state index is 0.148. The van der Waals surface area contributed by atoms with E-state index in [9.17, 15) is 14.4 Å². The molecule has 162 valence electrons. The SMILES string of the molecule is CCN(CC)[C@H]1CCCC[C@H]1Oc1ccc2c(c1)CN(C1CCC(=O)NC1=O)C2=O. The number of rotatable bonds is 6. The van der Waals surface area contributed by atoms with Gasteiger partial charge in [-0.05, 0) is 62.5 Å². The van der Waals surface area contributed by atoms with E-state index in [0.29, 0.717) is 24.6 Å². The van der Waals surface area contributed by atoms with Gasteiger partial charge in [0.1, 0.15) is 17.9 Å². The number of nitrogens with one attached hydrogen (secondary N) is 1. The first-order valence-corrected chi connectivity index (χ1v) is 11.2. The summed E-state index contributed by atoms with van der Waals surface area (Å²) in [6, 6.07) is 5.47. The highest BCUT2D eigenvalue weighted by Crippen LogP contribution is 2.32. The number of ether oxygens (including phenoxy) is 1. The van der Waals surface area contributed by atoms with Gasteiger partial charge in [0.15, 0.2) is 0 Å². The second-order valence-corrected chi connectivity index (χ2v) is 8.45. The van der Waals surface area contributed by atoms with Crippen molar-refractivity contribution in [2.75, 3.05) is 13.1 Å². The summed E-state index contributed by atoms with van der Waals surface area (Å²) in [6.45, 7) is 6.79. The van der Waals surface area contributed by atoms with Crippen molar-refractivity contribution in [3.63, 3.8) is 0 Å². The van der Waals surface area contributed by atoms with Crippen molar-refractivity contribution in [3.05, 3.63) is 29.3 Å². The molecule has 1 saturated heterocycles. The van der Waals surface area contributed by atoms with Gasteiger partial charge in [0.05, 0.1) is 0 Å². The van der Waals surface area contributed by atoms with Crippen LogP contribution in [-0.2, 0) is 16.1 Å². The Morgan fingerprint density at radius 2 is 1.87 bits per heavy atom. The largest absolute Gasteiger partial charge is 0.489 e. The average Bonchev–Trinajstić information content (AvgIpc) is 3.06. The van der Waals surface area contributed by atoms with E-state index < -0.39 is 6.04 Å². The number of carbonyl (C=O) groups excluding carboxylic acids is 3. The lowest BCUT2D eigenvalue weighted by atomic mass is 9.91. The monoisotopic (exact) mass is 413 g/mol. The predicted octanol–water partition coefficient (Wildman–Crippen LogP) is 2.48. The summed E-state index contributed by atoms with van der Waals surface area (Å²) in [5, 5.41) is 2.34. The highest BCUT2D eigenvalue weighted by Gasteiger charge is 2.39. The van der Waals surface area contributed by atoms with Crippen molar-refractivity contribution < 1.29 is 19.1 Å². The Bertz CT molecular complexity index is 836. The lowest BCUT2D eigenvalue weighted by Gasteiger charge is -2.39. The Morgan fingerprint density at radius 3 is 2.60 bits per heavy atom. The van der Waals surface area contributed by atoms with E-state index in [1.165, 1.54) is 12.8 Å². The molecule has 1 aromatic carbocycles. The first kappa shape index (κ1) is 20.8. The van der Waals surface area contributed by atoms with Crippen LogP contribution >= 0.6 is 0 Å². The van der Waals surface area contributed by atoms with Crippen LogP contribution in [0.1, 0.15) is 68.3 Å². The number of carbonyl (C=O) groups is 3. The van der Waals surface area contributed by atoms with E-state index in [2.05, 4.69) is 24.1 Å². The molecule has 3 amide bonds. The Morgan fingerprint density at radius 1 is 1.10 bits per heavy atom. The molecule has 0 spiro atoms. The molecule has 7 heteroatoms. The normalized spacial score (nSPS) is 26.7. The fourth-order valence-corrected chi connectivity index (χ4v) is 5.12. The van der Waals surface area contributed by atoms with Crippen LogP contribution in [0.5, 0.6) is 5.75 Å². The number of hydrogen-bond donors (Lipinski definition) is 1. The van der Waals surface area contributed by atoms with Crippen molar-refractivity contribution in [2.45, 2.75) is 77.1 Å². The lowest BCUT2D eigenvalue weighted by Crippen LogP contribution is -2.52. The third kappa shape index (κ3) is 3.95. The van der Waals surface area contributed by atoms with E-state index in [4.69, 9.17) is 4.74 Å². The predicted molar refractivity (Wildman–Crippen MR) is 112 cm³/mol. The number of amides is 3. The third-order valence-corrected chi connectivity index (χ3v) is 6.73. The quantitative estimate of drug-likeness (QED) is 0.725. The van der Waals surface area contributed by atoms with E-state index in [-0.39, 0.29) is 30.2 Å². The Labute approximate surface area is 177 Å².